The third-order valence-corrected chi connectivity index (χ3v) is 6.22. The lowest BCUT2D eigenvalue weighted by Gasteiger charge is -2.29. The number of likely N-dealkylation sites (N-methyl/N-ethyl adjacent to an activating group) is 1. The maximum Gasteiger partial charge on any atom is 0.262 e. The molecule has 0 unspecified atom stereocenters. The van der Waals surface area contributed by atoms with Gasteiger partial charge in [-0.15, -0.1) is 0 Å². The minimum Gasteiger partial charge on any atom is -0.308 e. The highest BCUT2D eigenvalue weighted by atomic mass is 16.2. The second kappa shape index (κ2) is 8.26. The molecule has 0 aliphatic carbocycles. The summed E-state index contributed by atoms with van der Waals surface area (Å²) in [7, 11) is 3.86. The summed E-state index contributed by atoms with van der Waals surface area (Å²) < 4.78 is 0. The van der Waals surface area contributed by atoms with Gasteiger partial charge in [0.15, 0.2) is 0 Å². The zero-order valence-corrected chi connectivity index (χ0v) is 19.0. The molecule has 5 nitrogen and oxygen atoms in total. The average molecular weight is 436 g/mol. The molecule has 4 aromatic carbocycles. The Kier molecular flexibility index (Phi) is 5.27. The van der Waals surface area contributed by atoms with Crippen molar-refractivity contribution in [2.24, 2.45) is 4.99 Å². The second-order valence-electron chi connectivity index (χ2n) is 8.71. The molecule has 0 radical (unpaired) electrons. The SMILES string of the molecule is Cc1ccccc1C=Nc1cccc2cc3cccc4c3c(c12)C(=O)N(CCN(C)C)C4=O. The van der Waals surface area contributed by atoms with E-state index >= 15 is 0 Å². The number of nitrogens with zero attached hydrogens (tertiary/aromatic N) is 3. The number of amides is 2. The average Bonchev–Trinajstić information content (AvgIpc) is 2.80. The van der Waals surface area contributed by atoms with E-state index in [1.165, 1.54) is 4.90 Å². The van der Waals surface area contributed by atoms with Crippen LogP contribution in [-0.2, 0) is 0 Å². The highest BCUT2D eigenvalue weighted by molar-refractivity contribution is 6.31. The first kappa shape index (κ1) is 21.0. The van der Waals surface area contributed by atoms with Crippen molar-refractivity contribution in [1.29, 1.82) is 0 Å². The number of aryl methyl sites for hydroxylation is 1. The fourth-order valence-electron chi connectivity index (χ4n) is 4.46. The Morgan fingerprint density at radius 1 is 0.879 bits per heavy atom. The number of hydrogen-bond acceptors (Lipinski definition) is 4. The van der Waals surface area contributed by atoms with Crippen LogP contribution < -0.4 is 0 Å². The summed E-state index contributed by atoms with van der Waals surface area (Å²) in [5, 5.41) is 3.34. The van der Waals surface area contributed by atoms with Crippen LogP contribution in [0.4, 0.5) is 5.69 Å². The van der Waals surface area contributed by atoms with Crippen LogP contribution in [0.1, 0.15) is 31.8 Å². The van der Waals surface area contributed by atoms with Gasteiger partial charge in [0.05, 0.1) is 11.3 Å². The Bertz CT molecular complexity index is 1450. The standard InChI is InChI=1S/C28H25N3O2/c1-18-8-4-5-9-21(18)17-29-23-13-7-11-20-16-19-10-6-12-22-24(19)26(25(20)23)28(33)31(27(22)32)15-14-30(2)3/h4-13,16-17H,14-15H2,1-3H3. The van der Waals surface area contributed by atoms with E-state index in [9.17, 15) is 9.59 Å². The normalized spacial score (nSPS) is 13.8. The monoisotopic (exact) mass is 435 g/mol. The van der Waals surface area contributed by atoms with Gasteiger partial charge < -0.3 is 4.90 Å². The van der Waals surface area contributed by atoms with Gasteiger partial charge >= 0.3 is 0 Å². The predicted molar refractivity (Wildman–Crippen MR) is 134 cm³/mol. The molecule has 1 aliphatic rings. The van der Waals surface area contributed by atoms with Gasteiger partial charge in [0.25, 0.3) is 11.8 Å². The summed E-state index contributed by atoms with van der Waals surface area (Å²) >= 11 is 0. The van der Waals surface area contributed by atoms with Crippen LogP contribution in [0, 0.1) is 6.92 Å². The van der Waals surface area contributed by atoms with Crippen molar-refractivity contribution >= 4 is 45.3 Å². The van der Waals surface area contributed by atoms with Gasteiger partial charge in [0, 0.05) is 35.6 Å². The third kappa shape index (κ3) is 3.60. The highest BCUT2D eigenvalue weighted by Crippen LogP contribution is 2.39. The Hall–Kier alpha value is -3.83. The first-order chi connectivity index (χ1) is 16.0. The van der Waals surface area contributed by atoms with E-state index < -0.39 is 0 Å². The lowest BCUT2D eigenvalue weighted by Crippen LogP contribution is -2.43. The van der Waals surface area contributed by atoms with Crippen LogP contribution in [-0.4, -0.2) is 55.0 Å². The number of benzene rings is 4. The van der Waals surface area contributed by atoms with Gasteiger partial charge in [-0.25, -0.2) is 0 Å². The van der Waals surface area contributed by atoms with Crippen molar-refractivity contribution in [3.05, 3.63) is 89.0 Å². The van der Waals surface area contributed by atoms with E-state index in [0.29, 0.717) is 24.2 Å². The Morgan fingerprint density at radius 2 is 1.61 bits per heavy atom. The van der Waals surface area contributed by atoms with E-state index in [-0.39, 0.29) is 11.8 Å². The van der Waals surface area contributed by atoms with E-state index in [0.717, 1.165) is 38.4 Å². The number of aliphatic imine (C=N–C) groups is 1. The minimum absolute atomic E-state index is 0.236. The topological polar surface area (TPSA) is 53.0 Å². The molecule has 5 rings (SSSR count). The van der Waals surface area contributed by atoms with Crippen LogP contribution in [0.15, 0.2) is 71.7 Å². The third-order valence-electron chi connectivity index (χ3n) is 6.22. The molecule has 4 aromatic rings. The number of rotatable bonds is 5. The molecule has 5 heteroatoms. The lowest BCUT2D eigenvalue weighted by atomic mass is 9.89. The highest BCUT2D eigenvalue weighted by Gasteiger charge is 2.34. The van der Waals surface area contributed by atoms with Crippen LogP contribution in [0.5, 0.6) is 0 Å². The Labute approximate surface area is 193 Å². The zero-order chi connectivity index (χ0) is 23.1. The molecule has 164 valence electrons. The number of fused-ring (bicyclic) bond motifs is 2. The van der Waals surface area contributed by atoms with Gasteiger partial charge in [-0.3, -0.25) is 19.5 Å². The molecule has 1 heterocycles. The minimum atomic E-state index is -0.255. The van der Waals surface area contributed by atoms with Crippen molar-refractivity contribution in [1.82, 2.24) is 9.80 Å². The van der Waals surface area contributed by atoms with E-state index in [1.54, 1.807) is 0 Å². The van der Waals surface area contributed by atoms with Crippen molar-refractivity contribution in [2.75, 3.05) is 27.2 Å². The molecule has 0 fully saturated rings. The van der Waals surface area contributed by atoms with Gasteiger partial charge in [-0.1, -0.05) is 48.5 Å². The lowest BCUT2D eigenvalue weighted by molar-refractivity contribution is 0.0602. The molecule has 0 N–H and O–H groups in total. The van der Waals surface area contributed by atoms with Crippen LogP contribution >= 0.6 is 0 Å². The summed E-state index contributed by atoms with van der Waals surface area (Å²) in [6, 6.07) is 21.6. The van der Waals surface area contributed by atoms with Crippen LogP contribution in [0.25, 0.3) is 21.5 Å². The molecule has 2 amide bonds. The van der Waals surface area contributed by atoms with Gasteiger partial charge in [0.1, 0.15) is 0 Å². The van der Waals surface area contributed by atoms with E-state index in [1.807, 2.05) is 98.9 Å². The molecule has 0 atom stereocenters. The second-order valence-corrected chi connectivity index (χ2v) is 8.71. The van der Waals surface area contributed by atoms with Gasteiger partial charge in [0.2, 0.25) is 0 Å². The van der Waals surface area contributed by atoms with Crippen molar-refractivity contribution in [3.8, 4) is 0 Å². The summed E-state index contributed by atoms with van der Waals surface area (Å²) in [6.07, 6.45) is 1.84. The fourth-order valence-corrected chi connectivity index (χ4v) is 4.46. The Balaban J connectivity index is 1.76. The predicted octanol–water partition coefficient (Wildman–Crippen LogP) is 5.21. The number of hydrogen-bond donors (Lipinski definition) is 0. The molecule has 0 aromatic heterocycles. The molecular weight excluding hydrogens is 410 g/mol. The quantitative estimate of drug-likeness (QED) is 0.246. The van der Waals surface area contributed by atoms with Crippen molar-refractivity contribution < 1.29 is 9.59 Å². The molecule has 0 bridgehead atoms. The molecule has 33 heavy (non-hydrogen) atoms. The number of imide groups is 1. The van der Waals surface area contributed by atoms with Crippen LogP contribution in [0.3, 0.4) is 0 Å². The maximum atomic E-state index is 13.8. The van der Waals surface area contributed by atoms with Gasteiger partial charge in [-0.2, -0.15) is 0 Å². The summed E-state index contributed by atoms with van der Waals surface area (Å²) in [5.74, 6) is -0.491. The van der Waals surface area contributed by atoms with Crippen molar-refractivity contribution in [3.63, 3.8) is 0 Å². The number of carbonyl (C=O) groups excluding carboxylic acids is 2. The molecule has 0 spiro atoms. The fraction of sp³-hybridized carbons (Fsp3) is 0.179. The molecule has 1 aliphatic heterocycles. The summed E-state index contributed by atoms with van der Waals surface area (Å²) in [6.45, 7) is 2.99. The zero-order valence-electron chi connectivity index (χ0n) is 19.0. The van der Waals surface area contributed by atoms with Crippen molar-refractivity contribution in [2.45, 2.75) is 6.92 Å². The van der Waals surface area contributed by atoms with E-state index in [4.69, 9.17) is 4.99 Å². The maximum absolute atomic E-state index is 13.8. The first-order valence-electron chi connectivity index (χ1n) is 11.0. The molecule has 0 saturated carbocycles. The molecular formula is C28H25N3O2. The number of carbonyl (C=O) groups is 2. The smallest absolute Gasteiger partial charge is 0.262 e. The van der Waals surface area contributed by atoms with E-state index in [2.05, 4.69) is 0 Å². The molecule has 0 saturated heterocycles. The summed E-state index contributed by atoms with van der Waals surface area (Å²) in [4.78, 5) is 35.1. The summed E-state index contributed by atoms with van der Waals surface area (Å²) in [5.41, 5.74) is 4.01. The van der Waals surface area contributed by atoms with Crippen LogP contribution in [0.2, 0.25) is 0 Å². The Morgan fingerprint density at radius 3 is 2.36 bits per heavy atom. The first-order valence-corrected chi connectivity index (χ1v) is 11.0. The van der Waals surface area contributed by atoms with Gasteiger partial charge in [-0.05, 0) is 61.1 Å². The largest absolute Gasteiger partial charge is 0.308 e.